The van der Waals surface area contributed by atoms with E-state index in [1.54, 1.807) is 6.07 Å². The molecule has 19 heavy (non-hydrogen) atoms. The molecule has 1 saturated heterocycles. The molecule has 102 valence electrons. The van der Waals surface area contributed by atoms with E-state index in [-0.39, 0.29) is 17.4 Å². The number of hydrogen-bond acceptors (Lipinski definition) is 4. The van der Waals surface area contributed by atoms with Gasteiger partial charge in [-0.15, -0.1) is 0 Å². The Hall–Kier alpha value is -2.15. The highest BCUT2D eigenvalue weighted by molar-refractivity contribution is 5.98. The van der Waals surface area contributed by atoms with E-state index in [9.17, 15) is 9.59 Å². The molecule has 1 unspecified atom stereocenters. The molecule has 0 aliphatic carbocycles. The molecule has 1 aliphatic rings. The molecular formula is C12H15N3O4. The summed E-state index contributed by atoms with van der Waals surface area (Å²) in [5.74, 6) is -1.18. The first-order chi connectivity index (χ1) is 9.16. The number of aromatic carboxylic acids is 1. The normalized spacial score (nSPS) is 18.6. The van der Waals surface area contributed by atoms with Gasteiger partial charge in [0.2, 0.25) is 0 Å². The summed E-state index contributed by atoms with van der Waals surface area (Å²) in [4.78, 5) is 26.4. The predicted octanol–water partition coefficient (Wildman–Crippen LogP) is 1.08. The number of carboxylic acid groups (broad SMARTS) is 1. The lowest BCUT2D eigenvalue weighted by molar-refractivity contribution is 0.0691. The number of carboxylic acids is 1. The number of aromatic nitrogens is 1. The first-order valence-corrected chi connectivity index (χ1v) is 6.00. The predicted molar refractivity (Wildman–Crippen MR) is 67.2 cm³/mol. The van der Waals surface area contributed by atoms with Gasteiger partial charge in [0.05, 0.1) is 18.3 Å². The molecule has 0 aromatic carbocycles. The number of nitrogens with one attached hydrogen (secondary N) is 2. The van der Waals surface area contributed by atoms with Gasteiger partial charge in [-0.3, -0.25) is 0 Å². The Morgan fingerprint density at radius 1 is 1.47 bits per heavy atom. The van der Waals surface area contributed by atoms with Crippen LogP contribution in [-0.4, -0.2) is 41.3 Å². The van der Waals surface area contributed by atoms with Crippen LogP contribution in [0, 0.1) is 0 Å². The van der Waals surface area contributed by atoms with Crippen molar-refractivity contribution < 1.29 is 19.4 Å². The fourth-order valence-electron chi connectivity index (χ4n) is 1.87. The van der Waals surface area contributed by atoms with Gasteiger partial charge in [-0.05, 0) is 25.0 Å². The van der Waals surface area contributed by atoms with Crippen LogP contribution in [0.1, 0.15) is 23.3 Å². The number of carbonyl (C=O) groups excluding carboxylic acids is 1. The van der Waals surface area contributed by atoms with Gasteiger partial charge in [0.1, 0.15) is 0 Å². The van der Waals surface area contributed by atoms with Crippen LogP contribution in [0.4, 0.5) is 10.5 Å². The van der Waals surface area contributed by atoms with E-state index in [1.807, 2.05) is 0 Å². The van der Waals surface area contributed by atoms with Crippen LogP contribution >= 0.6 is 0 Å². The number of anilines is 1. The molecule has 2 heterocycles. The smallest absolute Gasteiger partial charge is 0.356 e. The maximum absolute atomic E-state index is 11.8. The average Bonchev–Trinajstić information content (AvgIpc) is 2.40. The van der Waals surface area contributed by atoms with Gasteiger partial charge in [0.25, 0.3) is 0 Å². The minimum absolute atomic E-state index is 0.0429. The molecule has 1 aliphatic heterocycles. The summed E-state index contributed by atoms with van der Waals surface area (Å²) in [6, 6.07) is 2.56. The molecule has 7 heteroatoms. The molecule has 0 radical (unpaired) electrons. The summed E-state index contributed by atoms with van der Waals surface area (Å²) in [6.07, 6.45) is 3.12. The number of ether oxygens (including phenoxy) is 1. The van der Waals surface area contributed by atoms with Crippen LogP contribution in [0.3, 0.4) is 0 Å². The summed E-state index contributed by atoms with van der Waals surface area (Å²) in [5, 5.41) is 14.2. The zero-order valence-electron chi connectivity index (χ0n) is 10.3. The number of rotatable bonds is 3. The number of urea groups is 1. The van der Waals surface area contributed by atoms with Crippen molar-refractivity contribution in [2.75, 3.05) is 18.5 Å². The highest BCUT2D eigenvalue weighted by Crippen LogP contribution is 2.12. The van der Waals surface area contributed by atoms with E-state index in [0.717, 1.165) is 12.8 Å². The summed E-state index contributed by atoms with van der Waals surface area (Å²) in [6.45, 7) is 1.19. The van der Waals surface area contributed by atoms with Crippen LogP contribution in [0.25, 0.3) is 0 Å². The summed E-state index contributed by atoms with van der Waals surface area (Å²) in [7, 11) is 0. The quantitative estimate of drug-likeness (QED) is 0.759. The fraction of sp³-hybridized carbons (Fsp3) is 0.417. The van der Waals surface area contributed by atoms with Crippen LogP contribution in [-0.2, 0) is 4.74 Å². The first-order valence-electron chi connectivity index (χ1n) is 6.00. The Morgan fingerprint density at radius 2 is 2.32 bits per heavy atom. The Labute approximate surface area is 110 Å². The third-order valence-corrected chi connectivity index (χ3v) is 2.75. The molecular weight excluding hydrogens is 250 g/mol. The van der Waals surface area contributed by atoms with Gasteiger partial charge in [-0.25, -0.2) is 14.6 Å². The monoisotopic (exact) mass is 265 g/mol. The van der Waals surface area contributed by atoms with Crippen molar-refractivity contribution in [1.29, 1.82) is 0 Å². The van der Waals surface area contributed by atoms with Gasteiger partial charge >= 0.3 is 12.0 Å². The lowest BCUT2D eigenvalue weighted by Gasteiger charge is -2.23. The van der Waals surface area contributed by atoms with E-state index in [0.29, 0.717) is 13.2 Å². The lowest BCUT2D eigenvalue weighted by atomic mass is 10.1. The molecule has 1 aromatic rings. The van der Waals surface area contributed by atoms with Crippen molar-refractivity contribution in [2.24, 2.45) is 0 Å². The SMILES string of the molecule is O=C(Nc1cccnc1C(=O)O)NC1CCCOC1. The Bertz CT molecular complexity index is 472. The van der Waals surface area contributed by atoms with Crippen molar-refractivity contribution in [3.05, 3.63) is 24.0 Å². The average molecular weight is 265 g/mol. The topological polar surface area (TPSA) is 101 Å². The largest absolute Gasteiger partial charge is 0.476 e. The lowest BCUT2D eigenvalue weighted by Crippen LogP contribution is -2.42. The van der Waals surface area contributed by atoms with Crippen molar-refractivity contribution in [2.45, 2.75) is 18.9 Å². The highest BCUT2D eigenvalue weighted by Gasteiger charge is 2.18. The van der Waals surface area contributed by atoms with Crippen LogP contribution < -0.4 is 10.6 Å². The van der Waals surface area contributed by atoms with Crippen LogP contribution in [0.5, 0.6) is 0 Å². The number of pyridine rings is 1. The second-order valence-electron chi connectivity index (χ2n) is 4.22. The second kappa shape index (κ2) is 6.14. The first kappa shape index (κ1) is 13.3. The number of nitrogens with zero attached hydrogens (tertiary/aromatic N) is 1. The molecule has 0 spiro atoms. The van der Waals surface area contributed by atoms with Crippen molar-refractivity contribution in [1.82, 2.24) is 10.3 Å². The van der Waals surface area contributed by atoms with Crippen molar-refractivity contribution in [3.8, 4) is 0 Å². The molecule has 2 amide bonds. The van der Waals surface area contributed by atoms with Crippen LogP contribution in [0.15, 0.2) is 18.3 Å². The molecule has 1 atom stereocenters. The molecule has 2 rings (SSSR count). The molecule has 0 saturated carbocycles. The molecule has 1 aromatic heterocycles. The molecule has 7 nitrogen and oxygen atoms in total. The third kappa shape index (κ3) is 3.65. The van der Waals surface area contributed by atoms with Crippen molar-refractivity contribution >= 4 is 17.7 Å². The minimum atomic E-state index is -1.18. The summed E-state index contributed by atoms with van der Waals surface area (Å²) < 4.78 is 5.25. The zero-order valence-corrected chi connectivity index (χ0v) is 10.3. The van der Waals surface area contributed by atoms with Gasteiger partial charge in [-0.1, -0.05) is 0 Å². The molecule has 1 fully saturated rings. The second-order valence-corrected chi connectivity index (χ2v) is 4.22. The standard InChI is InChI=1S/C12H15N3O4/c16-11(17)10-9(4-1-5-13-10)15-12(18)14-8-3-2-6-19-7-8/h1,4-5,8H,2-3,6-7H2,(H,16,17)(H2,14,15,18). The van der Waals surface area contributed by atoms with E-state index in [4.69, 9.17) is 9.84 Å². The Balaban J connectivity index is 1.96. The number of amides is 2. The number of carbonyl (C=O) groups is 2. The van der Waals surface area contributed by atoms with Crippen molar-refractivity contribution in [3.63, 3.8) is 0 Å². The van der Waals surface area contributed by atoms with E-state index in [2.05, 4.69) is 15.6 Å². The Kier molecular flexibility index (Phi) is 4.30. The fourth-order valence-corrected chi connectivity index (χ4v) is 1.87. The van der Waals surface area contributed by atoms with Gasteiger partial charge in [-0.2, -0.15) is 0 Å². The van der Waals surface area contributed by atoms with E-state index >= 15 is 0 Å². The Morgan fingerprint density at radius 3 is 3.00 bits per heavy atom. The summed E-state index contributed by atoms with van der Waals surface area (Å²) in [5.41, 5.74) is -0.0122. The zero-order chi connectivity index (χ0) is 13.7. The van der Waals surface area contributed by atoms with Gasteiger partial charge in [0.15, 0.2) is 5.69 Å². The molecule has 0 bridgehead atoms. The van der Waals surface area contributed by atoms with E-state index < -0.39 is 12.0 Å². The van der Waals surface area contributed by atoms with Gasteiger partial charge < -0.3 is 20.5 Å². The van der Waals surface area contributed by atoms with E-state index in [1.165, 1.54) is 12.3 Å². The maximum atomic E-state index is 11.8. The summed E-state index contributed by atoms with van der Waals surface area (Å²) >= 11 is 0. The molecule has 3 N–H and O–H groups in total. The van der Waals surface area contributed by atoms with Crippen LogP contribution in [0.2, 0.25) is 0 Å². The van der Waals surface area contributed by atoms with Gasteiger partial charge in [0, 0.05) is 12.8 Å². The minimum Gasteiger partial charge on any atom is -0.476 e. The third-order valence-electron chi connectivity index (χ3n) is 2.75. The highest BCUT2D eigenvalue weighted by atomic mass is 16.5. The number of hydrogen-bond donors (Lipinski definition) is 3. The maximum Gasteiger partial charge on any atom is 0.356 e.